The fraction of sp³-hybridized carbons (Fsp3) is 0.857. The fourth-order valence-electron chi connectivity index (χ4n) is 1.29. The molecule has 1 fully saturated rings. The van der Waals surface area contributed by atoms with Crippen molar-refractivity contribution in [3.8, 4) is 0 Å². The van der Waals surface area contributed by atoms with Crippen molar-refractivity contribution in [3.63, 3.8) is 0 Å². The van der Waals surface area contributed by atoms with E-state index in [0.717, 1.165) is 6.42 Å². The standard InChI is InChI=1S/C7H13NO2.ClH/c1-6(2)3-4-7(6,8)5(9)10;/h3-4,8H2,1-2H3,(H,9,10);1H. The molecule has 0 heterocycles. The van der Waals surface area contributed by atoms with Gasteiger partial charge in [0.1, 0.15) is 5.54 Å². The summed E-state index contributed by atoms with van der Waals surface area (Å²) in [6.45, 7) is 3.79. The molecule has 0 aromatic carbocycles. The minimum atomic E-state index is -0.965. The summed E-state index contributed by atoms with van der Waals surface area (Å²) in [5, 5.41) is 8.70. The Balaban J connectivity index is 0.000001000. The van der Waals surface area contributed by atoms with Gasteiger partial charge in [0.05, 0.1) is 0 Å². The van der Waals surface area contributed by atoms with Crippen molar-refractivity contribution in [3.05, 3.63) is 0 Å². The first-order valence-electron chi connectivity index (χ1n) is 3.42. The molecule has 3 nitrogen and oxygen atoms in total. The fourth-order valence-corrected chi connectivity index (χ4v) is 1.29. The van der Waals surface area contributed by atoms with Crippen LogP contribution in [0, 0.1) is 5.41 Å². The zero-order valence-electron chi connectivity index (χ0n) is 6.76. The highest BCUT2D eigenvalue weighted by Crippen LogP contribution is 2.47. The topological polar surface area (TPSA) is 63.3 Å². The summed E-state index contributed by atoms with van der Waals surface area (Å²) >= 11 is 0. The zero-order chi connectivity index (χ0) is 7.99. The van der Waals surface area contributed by atoms with Crippen LogP contribution in [0.3, 0.4) is 0 Å². The maximum atomic E-state index is 10.6. The molecule has 1 rings (SSSR count). The van der Waals surface area contributed by atoms with Crippen molar-refractivity contribution in [2.45, 2.75) is 32.2 Å². The summed E-state index contributed by atoms with van der Waals surface area (Å²) in [4.78, 5) is 10.6. The van der Waals surface area contributed by atoms with Crippen LogP contribution in [0.25, 0.3) is 0 Å². The second-order valence-corrected chi connectivity index (χ2v) is 3.66. The molecule has 0 amide bonds. The van der Waals surface area contributed by atoms with Crippen molar-refractivity contribution in [1.29, 1.82) is 0 Å². The van der Waals surface area contributed by atoms with Gasteiger partial charge in [0, 0.05) is 0 Å². The summed E-state index contributed by atoms with van der Waals surface area (Å²) in [6, 6.07) is 0. The lowest BCUT2D eigenvalue weighted by Gasteiger charge is -2.50. The Kier molecular flexibility index (Phi) is 2.58. The molecule has 0 radical (unpaired) electrons. The van der Waals surface area contributed by atoms with Crippen LogP contribution in [-0.4, -0.2) is 16.6 Å². The van der Waals surface area contributed by atoms with E-state index in [1.807, 2.05) is 13.8 Å². The number of aliphatic carboxylic acids is 1. The maximum Gasteiger partial charge on any atom is 0.324 e. The van der Waals surface area contributed by atoms with Crippen LogP contribution >= 0.6 is 12.4 Å². The number of rotatable bonds is 1. The van der Waals surface area contributed by atoms with Crippen LogP contribution in [-0.2, 0) is 4.79 Å². The van der Waals surface area contributed by atoms with Gasteiger partial charge >= 0.3 is 5.97 Å². The highest BCUT2D eigenvalue weighted by atomic mass is 35.5. The number of carbonyl (C=O) groups is 1. The highest BCUT2D eigenvalue weighted by molar-refractivity contribution is 5.85. The zero-order valence-corrected chi connectivity index (χ0v) is 7.57. The van der Waals surface area contributed by atoms with E-state index in [1.54, 1.807) is 0 Å². The van der Waals surface area contributed by atoms with E-state index in [-0.39, 0.29) is 17.8 Å². The third-order valence-corrected chi connectivity index (χ3v) is 2.73. The maximum absolute atomic E-state index is 10.6. The molecule has 0 spiro atoms. The molecular formula is C7H14ClNO2. The van der Waals surface area contributed by atoms with Gasteiger partial charge in [-0.2, -0.15) is 0 Å². The number of hydrogen-bond donors (Lipinski definition) is 2. The summed E-state index contributed by atoms with van der Waals surface area (Å²) < 4.78 is 0. The SMILES string of the molecule is CC1(C)CCC1(N)C(=O)O.Cl. The Morgan fingerprint density at radius 1 is 1.45 bits per heavy atom. The van der Waals surface area contributed by atoms with E-state index in [1.165, 1.54) is 0 Å². The third-order valence-electron chi connectivity index (χ3n) is 2.73. The first-order chi connectivity index (χ1) is 4.40. The van der Waals surface area contributed by atoms with Crippen LogP contribution in [0.15, 0.2) is 0 Å². The number of halogens is 1. The Morgan fingerprint density at radius 2 is 1.91 bits per heavy atom. The van der Waals surface area contributed by atoms with Gasteiger partial charge in [-0.3, -0.25) is 4.79 Å². The molecule has 0 aromatic heterocycles. The highest BCUT2D eigenvalue weighted by Gasteiger charge is 2.55. The number of nitrogens with two attached hydrogens (primary N) is 1. The molecule has 1 saturated carbocycles. The lowest BCUT2D eigenvalue weighted by molar-refractivity contribution is -0.155. The molecule has 11 heavy (non-hydrogen) atoms. The molecule has 1 atom stereocenters. The molecule has 1 aliphatic rings. The van der Waals surface area contributed by atoms with E-state index < -0.39 is 11.5 Å². The van der Waals surface area contributed by atoms with Gasteiger partial charge in [-0.05, 0) is 18.3 Å². The Bertz CT molecular complexity index is 181. The van der Waals surface area contributed by atoms with E-state index in [4.69, 9.17) is 10.8 Å². The van der Waals surface area contributed by atoms with Crippen LogP contribution in [0.1, 0.15) is 26.7 Å². The van der Waals surface area contributed by atoms with Gasteiger partial charge in [-0.1, -0.05) is 13.8 Å². The molecule has 0 saturated heterocycles. The molecule has 0 bridgehead atoms. The first-order valence-corrected chi connectivity index (χ1v) is 3.42. The first kappa shape index (κ1) is 10.7. The smallest absolute Gasteiger partial charge is 0.324 e. The van der Waals surface area contributed by atoms with Gasteiger partial charge in [-0.25, -0.2) is 0 Å². The lowest BCUT2D eigenvalue weighted by Crippen LogP contribution is -2.65. The van der Waals surface area contributed by atoms with E-state index in [0.29, 0.717) is 6.42 Å². The predicted octanol–water partition coefficient (Wildman–Crippen LogP) is 1.01. The number of carboxylic acids is 1. The molecule has 0 aliphatic heterocycles. The van der Waals surface area contributed by atoms with Crippen molar-refractivity contribution in [1.82, 2.24) is 0 Å². The molecule has 66 valence electrons. The predicted molar refractivity (Wildman–Crippen MR) is 44.8 cm³/mol. The second-order valence-electron chi connectivity index (χ2n) is 3.66. The number of carboxylic acid groups (broad SMARTS) is 1. The third kappa shape index (κ3) is 1.23. The normalized spacial score (nSPS) is 33.4. The molecule has 4 heteroatoms. The summed E-state index contributed by atoms with van der Waals surface area (Å²) in [7, 11) is 0. The van der Waals surface area contributed by atoms with Crippen molar-refractivity contribution in [2.24, 2.45) is 11.1 Å². The van der Waals surface area contributed by atoms with E-state index >= 15 is 0 Å². The summed E-state index contributed by atoms with van der Waals surface area (Å²) in [5.41, 5.74) is 4.44. The van der Waals surface area contributed by atoms with Crippen molar-refractivity contribution in [2.75, 3.05) is 0 Å². The molecular weight excluding hydrogens is 166 g/mol. The van der Waals surface area contributed by atoms with E-state index in [2.05, 4.69) is 0 Å². The molecule has 3 N–H and O–H groups in total. The van der Waals surface area contributed by atoms with Gasteiger partial charge in [-0.15, -0.1) is 12.4 Å². The van der Waals surface area contributed by atoms with Gasteiger partial charge in [0.25, 0.3) is 0 Å². The van der Waals surface area contributed by atoms with Gasteiger partial charge < -0.3 is 10.8 Å². The molecule has 1 unspecified atom stereocenters. The van der Waals surface area contributed by atoms with Crippen LogP contribution in [0.2, 0.25) is 0 Å². The van der Waals surface area contributed by atoms with Gasteiger partial charge in [0.15, 0.2) is 0 Å². The largest absolute Gasteiger partial charge is 0.480 e. The average molecular weight is 180 g/mol. The number of hydrogen-bond acceptors (Lipinski definition) is 2. The van der Waals surface area contributed by atoms with Crippen molar-refractivity contribution < 1.29 is 9.90 Å². The lowest BCUT2D eigenvalue weighted by atomic mass is 9.57. The Morgan fingerprint density at radius 3 is 1.91 bits per heavy atom. The molecule has 1 aliphatic carbocycles. The molecule has 0 aromatic rings. The second kappa shape index (κ2) is 2.64. The van der Waals surface area contributed by atoms with E-state index in [9.17, 15) is 4.79 Å². The summed E-state index contributed by atoms with van der Waals surface area (Å²) in [6.07, 6.45) is 1.52. The minimum absolute atomic E-state index is 0. The summed E-state index contributed by atoms with van der Waals surface area (Å²) in [5.74, 6) is -0.872. The Labute approximate surface area is 72.4 Å². The average Bonchev–Trinajstić information content (AvgIpc) is 1.83. The quantitative estimate of drug-likeness (QED) is 0.632. The minimum Gasteiger partial charge on any atom is -0.480 e. The Hall–Kier alpha value is -0.280. The van der Waals surface area contributed by atoms with Gasteiger partial charge in [0.2, 0.25) is 0 Å². The van der Waals surface area contributed by atoms with Crippen LogP contribution < -0.4 is 5.73 Å². The monoisotopic (exact) mass is 179 g/mol. The van der Waals surface area contributed by atoms with Crippen LogP contribution in [0.5, 0.6) is 0 Å². The van der Waals surface area contributed by atoms with Crippen molar-refractivity contribution >= 4 is 18.4 Å². The van der Waals surface area contributed by atoms with Crippen LogP contribution in [0.4, 0.5) is 0 Å².